The monoisotopic (exact) mass is 611 g/mol. The minimum atomic E-state index is -0.321. The first kappa shape index (κ1) is 27.9. The van der Waals surface area contributed by atoms with Crippen molar-refractivity contribution in [2.45, 2.75) is 0 Å². The Balaban J connectivity index is 1.30. The Morgan fingerprint density at radius 1 is 0.277 bits per heavy atom. The Kier molecular flexibility index (Phi) is 6.58. The van der Waals surface area contributed by atoms with Crippen LogP contribution in [0.25, 0.3) is 0 Å². The van der Waals surface area contributed by atoms with Gasteiger partial charge in [-0.25, -0.2) is 0 Å². The summed E-state index contributed by atoms with van der Waals surface area (Å²) in [5.41, 5.74) is 5.24. The third kappa shape index (κ3) is 4.60. The van der Waals surface area contributed by atoms with Crippen LogP contribution in [-0.4, -0.2) is 23.1 Å². The van der Waals surface area contributed by atoms with Gasteiger partial charge < -0.3 is 16.0 Å². The molecule has 8 rings (SSSR count). The van der Waals surface area contributed by atoms with E-state index >= 15 is 0 Å². The minimum absolute atomic E-state index is 0.185. The summed E-state index contributed by atoms with van der Waals surface area (Å²) in [5, 5.41) is 9.91. The zero-order chi connectivity index (χ0) is 32.1. The lowest BCUT2D eigenvalue weighted by Crippen LogP contribution is -2.25. The number of anilines is 6. The highest BCUT2D eigenvalue weighted by atomic mass is 16.1. The van der Waals surface area contributed by atoms with Crippen LogP contribution >= 0.6 is 0 Å². The minimum Gasteiger partial charge on any atom is -0.355 e. The molecule has 0 radical (unpaired) electrons. The third-order valence-corrected chi connectivity index (χ3v) is 8.53. The van der Waals surface area contributed by atoms with Gasteiger partial charge in [0.1, 0.15) is 0 Å². The second-order valence-electron chi connectivity index (χ2n) is 11.3. The van der Waals surface area contributed by atoms with Gasteiger partial charge in [-0.15, -0.1) is 0 Å². The zero-order valence-corrected chi connectivity index (χ0v) is 24.8. The SMILES string of the molecule is O=C1c2ccccc2C(=O)c2c(Nc3ccc(Nc4ccccc4)c4c3C(=O)c3ccccc3C4=O)ccc(Nc3ccccc3)c21. The summed E-state index contributed by atoms with van der Waals surface area (Å²) in [6.45, 7) is 0. The molecule has 0 saturated heterocycles. The van der Waals surface area contributed by atoms with Crippen molar-refractivity contribution in [2.24, 2.45) is 0 Å². The van der Waals surface area contributed by atoms with Gasteiger partial charge in [0.25, 0.3) is 0 Å². The molecule has 0 fully saturated rings. The first-order valence-electron chi connectivity index (χ1n) is 15.1. The van der Waals surface area contributed by atoms with Crippen molar-refractivity contribution in [3.63, 3.8) is 0 Å². The van der Waals surface area contributed by atoms with E-state index in [0.29, 0.717) is 45.0 Å². The summed E-state index contributed by atoms with van der Waals surface area (Å²) < 4.78 is 0. The number of hydrogen-bond acceptors (Lipinski definition) is 7. The number of hydrogen-bond donors (Lipinski definition) is 3. The molecular formula is C40H25N3O4. The molecule has 0 aromatic heterocycles. The van der Waals surface area contributed by atoms with Crippen molar-refractivity contribution < 1.29 is 19.2 Å². The second kappa shape index (κ2) is 11.1. The number of para-hydroxylation sites is 2. The van der Waals surface area contributed by atoms with Crippen LogP contribution in [0.2, 0.25) is 0 Å². The normalized spacial score (nSPS) is 12.9. The smallest absolute Gasteiger partial charge is 0.196 e. The van der Waals surface area contributed by atoms with E-state index in [1.165, 1.54) is 0 Å². The Morgan fingerprint density at radius 3 is 0.830 bits per heavy atom. The van der Waals surface area contributed by atoms with Gasteiger partial charge in [-0.3, -0.25) is 19.2 Å². The molecule has 0 unspecified atom stereocenters. The Bertz CT molecular complexity index is 2130. The average Bonchev–Trinajstić information content (AvgIpc) is 3.11. The third-order valence-electron chi connectivity index (χ3n) is 8.53. The molecule has 7 heteroatoms. The molecule has 0 saturated carbocycles. The summed E-state index contributed by atoms with van der Waals surface area (Å²) in [5.74, 6) is -1.22. The molecule has 224 valence electrons. The van der Waals surface area contributed by atoms with Gasteiger partial charge in [0.2, 0.25) is 0 Å². The highest BCUT2D eigenvalue weighted by Crippen LogP contribution is 2.42. The molecule has 0 heterocycles. The molecule has 0 aliphatic heterocycles. The number of ketones is 4. The molecule has 7 nitrogen and oxygen atoms in total. The van der Waals surface area contributed by atoms with Crippen LogP contribution in [-0.2, 0) is 0 Å². The summed E-state index contributed by atoms with van der Waals surface area (Å²) in [4.78, 5) is 56.3. The molecule has 0 bridgehead atoms. The van der Waals surface area contributed by atoms with Crippen LogP contribution in [0, 0.1) is 0 Å². The van der Waals surface area contributed by atoms with Crippen molar-refractivity contribution in [2.75, 3.05) is 16.0 Å². The number of fused-ring (bicyclic) bond motifs is 4. The maximum absolute atomic E-state index is 14.1. The van der Waals surface area contributed by atoms with E-state index in [2.05, 4.69) is 16.0 Å². The van der Waals surface area contributed by atoms with Crippen LogP contribution in [0.1, 0.15) is 63.7 Å². The average molecular weight is 612 g/mol. The predicted molar refractivity (Wildman–Crippen MR) is 182 cm³/mol. The maximum atomic E-state index is 14.1. The van der Waals surface area contributed by atoms with Gasteiger partial charge in [-0.2, -0.15) is 0 Å². The van der Waals surface area contributed by atoms with Crippen molar-refractivity contribution in [3.05, 3.63) is 178 Å². The second-order valence-corrected chi connectivity index (χ2v) is 11.3. The Morgan fingerprint density at radius 2 is 0.532 bits per heavy atom. The predicted octanol–water partition coefficient (Wildman–Crippen LogP) is 8.47. The summed E-state index contributed by atoms with van der Waals surface area (Å²) in [6, 6.07) is 39.2. The van der Waals surface area contributed by atoms with Gasteiger partial charge in [0.15, 0.2) is 23.1 Å². The van der Waals surface area contributed by atoms with Crippen molar-refractivity contribution in [1.82, 2.24) is 0 Å². The Hall–Kier alpha value is -6.60. The van der Waals surface area contributed by atoms with Crippen LogP contribution in [0.3, 0.4) is 0 Å². The highest BCUT2D eigenvalue weighted by molar-refractivity contribution is 6.34. The van der Waals surface area contributed by atoms with E-state index in [0.717, 1.165) is 11.4 Å². The lowest BCUT2D eigenvalue weighted by molar-refractivity contribution is 0.0980. The molecule has 0 atom stereocenters. The highest BCUT2D eigenvalue weighted by Gasteiger charge is 2.37. The van der Waals surface area contributed by atoms with Crippen LogP contribution in [0.4, 0.5) is 34.1 Å². The number of carbonyl (C=O) groups is 4. The fourth-order valence-electron chi connectivity index (χ4n) is 6.36. The number of benzene rings is 6. The van der Waals surface area contributed by atoms with E-state index in [1.54, 1.807) is 72.8 Å². The molecule has 6 aromatic rings. The molecule has 2 aliphatic carbocycles. The summed E-state index contributed by atoms with van der Waals surface area (Å²) in [7, 11) is 0. The molecular weight excluding hydrogens is 586 g/mol. The molecule has 3 N–H and O–H groups in total. The lowest BCUT2D eigenvalue weighted by Gasteiger charge is -2.26. The lowest BCUT2D eigenvalue weighted by atomic mass is 9.81. The first-order valence-corrected chi connectivity index (χ1v) is 15.1. The molecule has 6 aromatic carbocycles. The zero-order valence-electron chi connectivity index (χ0n) is 24.8. The fraction of sp³-hybridized carbons (Fsp3) is 0. The van der Waals surface area contributed by atoms with Gasteiger partial charge in [-0.05, 0) is 48.5 Å². The van der Waals surface area contributed by atoms with E-state index < -0.39 is 0 Å². The number of nitrogens with one attached hydrogen (secondary N) is 3. The van der Waals surface area contributed by atoms with Crippen LogP contribution in [0.5, 0.6) is 0 Å². The van der Waals surface area contributed by atoms with E-state index in [1.807, 2.05) is 60.7 Å². The van der Waals surface area contributed by atoms with Gasteiger partial charge in [0, 0.05) is 33.6 Å². The largest absolute Gasteiger partial charge is 0.355 e. The summed E-state index contributed by atoms with van der Waals surface area (Å²) >= 11 is 0. The van der Waals surface area contributed by atoms with Crippen LogP contribution in [0.15, 0.2) is 133 Å². The van der Waals surface area contributed by atoms with Crippen molar-refractivity contribution in [3.8, 4) is 0 Å². The maximum Gasteiger partial charge on any atom is 0.196 e. The quantitative estimate of drug-likeness (QED) is 0.173. The van der Waals surface area contributed by atoms with E-state index in [-0.39, 0.29) is 45.4 Å². The Labute approximate surface area is 269 Å². The molecule has 47 heavy (non-hydrogen) atoms. The number of rotatable bonds is 6. The fourth-order valence-corrected chi connectivity index (χ4v) is 6.36. The van der Waals surface area contributed by atoms with Gasteiger partial charge in [-0.1, -0.05) is 84.9 Å². The first-order chi connectivity index (χ1) is 23.0. The number of carbonyl (C=O) groups excluding carboxylic acids is 4. The standard InChI is InChI=1S/C40H25N3O4/c44-37-25-15-7-9-17-27(25)39(46)35-31(21-19-29(33(35)37)41-23-11-3-1-4-12-23)43-32-22-20-30(42-24-13-5-2-6-14-24)34-36(32)40(47)28-18-10-8-16-26(28)38(34)45/h1-22,41-43H. The van der Waals surface area contributed by atoms with Gasteiger partial charge >= 0.3 is 0 Å². The van der Waals surface area contributed by atoms with E-state index in [4.69, 9.17) is 0 Å². The van der Waals surface area contributed by atoms with Crippen molar-refractivity contribution >= 4 is 57.3 Å². The van der Waals surface area contributed by atoms with Crippen molar-refractivity contribution in [1.29, 1.82) is 0 Å². The molecule has 2 aliphatic rings. The summed E-state index contributed by atoms with van der Waals surface area (Å²) in [6.07, 6.45) is 0. The van der Waals surface area contributed by atoms with Crippen LogP contribution < -0.4 is 16.0 Å². The molecule has 0 spiro atoms. The van der Waals surface area contributed by atoms with Gasteiger partial charge in [0.05, 0.1) is 45.0 Å². The topological polar surface area (TPSA) is 104 Å². The van der Waals surface area contributed by atoms with E-state index in [9.17, 15) is 19.2 Å². The molecule has 0 amide bonds.